The van der Waals surface area contributed by atoms with Crippen molar-refractivity contribution in [2.75, 3.05) is 6.61 Å². The third kappa shape index (κ3) is 4.02. The summed E-state index contributed by atoms with van der Waals surface area (Å²) in [6, 6.07) is 13.2. The third-order valence-electron chi connectivity index (χ3n) is 3.27. The van der Waals surface area contributed by atoms with Crippen molar-refractivity contribution in [1.82, 2.24) is 0 Å². The molecule has 0 aromatic heterocycles. The van der Waals surface area contributed by atoms with Gasteiger partial charge in [-0.15, -0.1) is 0 Å². The van der Waals surface area contributed by atoms with Crippen LogP contribution in [0.25, 0.3) is 6.08 Å². The number of aliphatic imine (C=N–C) groups is 1. The molecular formula is C18H13ClINO2S. The van der Waals surface area contributed by atoms with E-state index in [0.717, 1.165) is 32.2 Å². The predicted molar refractivity (Wildman–Crippen MR) is 109 cm³/mol. The molecule has 0 spiro atoms. The molecule has 3 rings (SSSR count). The van der Waals surface area contributed by atoms with Crippen LogP contribution in [0, 0.1) is 3.57 Å². The normalized spacial score (nSPS) is 15.7. The lowest BCUT2D eigenvalue weighted by atomic mass is 10.2. The van der Waals surface area contributed by atoms with E-state index in [-0.39, 0.29) is 5.12 Å². The largest absolute Gasteiger partial charge is 0.494 e. The van der Waals surface area contributed by atoms with E-state index >= 15 is 0 Å². The molecule has 122 valence electrons. The van der Waals surface area contributed by atoms with Gasteiger partial charge in [-0.25, -0.2) is 4.99 Å². The van der Waals surface area contributed by atoms with Gasteiger partial charge in [0.25, 0.3) is 0 Å². The average molecular weight is 470 g/mol. The van der Waals surface area contributed by atoms with Crippen molar-refractivity contribution in [2.45, 2.75) is 6.92 Å². The Morgan fingerprint density at radius 1 is 1.25 bits per heavy atom. The van der Waals surface area contributed by atoms with Gasteiger partial charge in [-0.05, 0) is 83.2 Å². The van der Waals surface area contributed by atoms with Gasteiger partial charge < -0.3 is 4.74 Å². The minimum absolute atomic E-state index is 0.0752. The zero-order chi connectivity index (χ0) is 17.1. The molecule has 0 amide bonds. The van der Waals surface area contributed by atoms with E-state index in [1.807, 2.05) is 49.4 Å². The van der Waals surface area contributed by atoms with Gasteiger partial charge in [-0.3, -0.25) is 4.79 Å². The first-order chi connectivity index (χ1) is 11.6. The average Bonchev–Trinajstić information content (AvgIpc) is 2.92. The maximum Gasteiger partial charge on any atom is 0.244 e. The van der Waals surface area contributed by atoms with E-state index in [9.17, 15) is 4.79 Å². The van der Waals surface area contributed by atoms with Crippen molar-refractivity contribution in [3.05, 3.63) is 67.9 Å². The molecule has 2 aromatic carbocycles. The van der Waals surface area contributed by atoms with Crippen LogP contribution in [-0.4, -0.2) is 16.8 Å². The Bertz CT molecular complexity index is 847. The Balaban J connectivity index is 1.89. The van der Waals surface area contributed by atoms with E-state index in [1.54, 1.807) is 6.08 Å². The standard InChI is InChI=1S/C18H13ClINO2S/c1-2-23-13-6-3-11(4-7-13)9-16-18(22)24-17(21-16)14-10-12(20)5-8-15(14)19/h3-10H,2H2,1H3. The van der Waals surface area contributed by atoms with Crippen molar-refractivity contribution < 1.29 is 9.53 Å². The molecule has 0 unspecified atom stereocenters. The maximum absolute atomic E-state index is 12.2. The van der Waals surface area contributed by atoms with E-state index in [2.05, 4.69) is 27.6 Å². The Morgan fingerprint density at radius 2 is 2.00 bits per heavy atom. The van der Waals surface area contributed by atoms with Crippen LogP contribution in [0.1, 0.15) is 18.1 Å². The van der Waals surface area contributed by atoms with Crippen LogP contribution in [-0.2, 0) is 4.79 Å². The molecule has 0 saturated heterocycles. The van der Waals surface area contributed by atoms with E-state index in [4.69, 9.17) is 16.3 Å². The molecular weight excluding hydrogens is 457 g/mol. The van der Waals surface area contributed by atoms with E-state index < -0.39 is 0 Å². The highest BCUT2D eigenvalue weighted by Crippen LogP contribution is 2.32. The molecule has 2 aromatic rings. The summed E-state index contributed by atoms with van der Waals surface area (Å²) < 4.78 is 6.46. The zero-order valence-electron chi connectivity index (χ0n) is 12.8. The molecule has 0 saturated carbocycles. The summed E-state index contributed by atoms with van der Waals surface area (Å²) in [5.41, 5.74) is 2.12. The number of hydrogen-bond acceptors (Lipinski definition) is 4. The molecule has 1 aliphatic heterocycles. The van der Waals surface area contributed by atoms with Crippen LogP contribution >= 0.6 is 46.0 Å². The number of nitrogens with zero attached hydrogens (tertiary/aromatic N) is 1. The highest BCUT2D eigenvalue weighted by Gasteiger charge is 2.24. The molecule has 0 N–H and O–H groups in total. The minimum atomic E-state index is -0.0752. The monoisotopic (exact) mass is 469 g/mol. The number of carbonyl (C=O) groups excluding carboxylic acids is 1. The van der Waals surface area contributed by atoms with Gasteiger partial charge in [0.1, 0.15) is 16.5 Å². The molecule has 0 fully saturated rings. The summed E-state index contributed by atoms with van der Waals surface area (Å²) in [6.45, 7) is 2.57. The van der Waals surface area contributed by atoms with Crippen LogP contribution in [0.3, 0.4) is 0 Å². The summed E-state index contributed by atoms with van der Waals surface area (Å²) in [4.78, 5) is 16.7. The Hall–Kier alpha value is -1.31. The lowest BCUT2D eigenvalue weighted by molar-refractivity contribution is -0.107. The second-order valence-electron chi connectivity index (χ2n) is 4.96. The maximum atomic E-state index is 12.2. The number of benzene rings is 2. The fraction of sp³-hybridized carbons (Fsp3) is 0.111. The van der Waals surface area contributed by atoms with Gasteiger partial charge in [0, 0.05) is 9.13 Å². The van der Waals surface area contributed by atoms with Crippen LogP contribution < -0.4 is 4.74 Å². The second kappa shape index (κ2) is 7.72. The molecule has 0 radical (unpaired) electrons. The van der Waals surface area contributed by atoms with Crippen molar-refractivity contribution in [3.63, 3.8) is 0 Å². The SMILES string of the molecule is CCOc1ccc(C=C2N=C(c3cc(I)ccc3Cl)SC2=O)cc1. The molecule has 0 bridgehead atoms. The lowest BCUT2D eigenvalue weighted by Crippen LogP contribution is -1.95. The molecule has 3 nitrogen and oxygen atoms in total. The first-order valence-corrected chi connectivity index (χ1v) is 9.55. The van der Waals surface area contributed by atoms with Gasteiger partial charge in [0.05, 0.1) is 11.6 Å². The summed E-state index contributed by atoms with van der Waals surface area (Å²) in [7, 11) is 0. The summed E-state index contributed by atoms with van der Waals surface area (Å²) in [5.74, 6) is 0.807. The molecule has 1 aliphatic rings. The van der Waals surface area contributed by atoms with Crippen LogP contribution in [0.15, 0.2) is 53.2 Å². The Kier molecular flexibility index (Phi) is 5.63. The molecule has 6 heteroatoms. The number of thioether (sulfide) groups is 1. The topological polar surface area (TPSA) is 38.7 Å². The molecule has 0 atom stereocenters. The molecule has 1 heterocycles. The van der Waals surface area contributed by atoms with Crippen LogP contribution in [0.2, 0.25) is 5.02 Å². The second-order valence-corrected chi connectivity index (χ2v) is 7.58. The number of ether oxygens (including phenoxy) is 1. The van der Waals surface area contributed by atoms with Crippen molar-refractivity contribution in [3.8, 4) is 5.75 Å². The summed E-state index contributed by atoms with van der Waals surface area (Å²) in [6.07, 6.45) is 1.78. The molecule has 0 aliphatic carbocycles. The smallest absolute Gasteiger partial charge is 0.244 e. The number of hydrogen-bond donors (Lipinski definition) is 0. The van der Waals surface area contributed by atoms with Gasteiger partial charge in [0.15, 0.2) is 0 Å². The van der Waals surface area contributed by atoms with Crippen molar-refractivity contribution >= 4 is 62.2 Å². The van der Waals surface area contributed by atoms with Crippen molar-refractivity contribution in [1.29, 1.82) is 0 Å². The van der Waals surface area contributed by atoms with Gasteiger partial charge in [0.2, 0.25) is 5.12 Å². The highest BCUT2D eigenvalue weighted by atomic mass is 127. The van der Waals surface area contributed by atoms with Gasteiger partial charge in [-0.2, -0.15) is 0 Å². The van der Waals surface area contributed by atoms with E-state index in [1.165, 1.54) is 0 Å². The number of rotatable bonds is 4. The fourth-order valence-electron chi connectivity index (χ4n) is 2.17. The molecule has 24 heavy (non-hydrogen) atoms. The number of halogens is 2. The first kappa shape index (κ1) is 17.5. The Labute approximate surface area is 163 Å². The quantitative estimate of drug-likeness (QED) is 0.444. The minimum Gasteiger partial charge on any atom is -0.494 e. The van der Waals surface area contributed by atoms with Crippen LogP contribution in [0.4, 0.5) is 0 Å². The Morgan fingerprint density at radius 3 is 2.71 bits per heavy atom. The van der Waals surface area contributed by atoms with Gasteiger partial charge in [-0.1, -0.05) is 23.7 Å². The third-order valence-corrected chi connectivity index (χ3v) is 5.17. The first-order valence-electron chi connectivity index (χ1n) is 7.27. The lowest BCUT2D eigenvalue weighted by Gasteiger charge is -2.02. The fourth-order valence-corrected chi connectivity index (χ4v) is 3.73. The van der Waals surface area contributed by atoms with Crippen LogP contribution in [0.5, 0.6) is 5.75 Å². The van der Waals surface area contributed by atoms with Gasteiger partial charge >= 0.3 is 0 Å². The highest BCUT2D eigenvalue weighted by molar-refractivity contribution is 14.1. The zero-order valence-corrected chi connectivity index (χ0v) is 16.5. The summed E-state index contributed by atoms with van der Waals surface area (Å²) >= 11 is 9.56. The van der Waals surface area contributed by atoms with E-state index in [0.29, 0.717) is 22.4 Å². The van der Waals surface area contributed by atoms with Crippen molar-refractivity contribution in [2.24, 2.45) is 4.99 Å². The summed E-state index contributed by atoms with van der Waals surface area (Å²) in [5, 5.41) is 1.16. The number of carbonyl (C=O) groups is 1. The predicted octanol–water partition coefficient (Wildman–Crippen LogP) is 5.40.